The van der Waals surface area contributed by atoms with E-state index in [1.54, 1.807) is 12.1 Å². The number of aryl methyl sites for hydroxylation is 2. The van der Waals surface area contributed by atoms with E-state index in [0.29, 0.717) is 12.2 Å². The maximum atomic E-state index is 12.4. The Hall–Kier alpha value is -3.10. The van der Waals surface area contributed by atoms with E-state index in [1.807, 2.05) is 23.3 Å². The van der Waals surface area contributed by atoms with Crippen LogP contribution >= 0.6 is 11.6 Å². The van der Waals surface area contributed by atoms with Crippen LogP contribution in [-0.2, 0) is 24.0 Å². The van der Waals surface area contributed by atoms with Crippen molar-refractivity contribution < 1.29 is 18.3 Å². The van der Waals surface area contributed by atoms with Crippen molar-refractivity contribution in [2.75, 3.05) is 6.61 Å². The second kappa shape index (κ2) is 10.7. The van der Waals surface area contributed by atoms with Crippen LogP contribution in [0, 0.1) is 0 Å². The van der Waals surface area contributed by atoms with Crippen molar-refractivity contribution in [1.82, 2.24) is 19.7 Å². The molecule has 1 fully saturated rings. The van der Waals surface area contributed by atoms with Crippen LogP contribution < -0.4 is 4.74 Å². The van der Waals surface area contributed by atoms with Gasteiger partial charge in [-0.15, -0.1) is 0 Å². The number of hydrogen-bond donors (Lipinski definition) is 0. The van der Waals surface area contributed by atoms with Gasteiger partial charge in [0, 0.05) is 30.8 Å². The second-order valence-corrected chi connectivity index (χ2v) is 9.04. The number of rotatable bonds is 8. The quantitative estimate of drug-likeness (QED) is 0.291. The van der Waals surface area contributed by atoms with Crippen molar-refractivity contribution in [3.05, 3.63) is 82.5 Å². The van der Waals surface area contributed by atoms with Crippen LogP contribution in [0.25, 0.3) is 10.9 Å². The third-order valence-corrected chi connectivity index (χ3v) is 6.42. The van der Waals surface area contributed by atoms with Crippen LogP contribution in [0.5, 0.6) is 5.75 Å². The van der Waals surface area contributed by atoms with Crippen molar-refractivity contribution >= 4 is 22.5 Å². The van der Waals surface area contributed by atoms with Gasteiger partial charge < -0.3 is 9.47 Å². The summed E-state index contributed by atoms with van der Waals surface area (Å²) in [6.45, 7) is -2.12. The molecule has 3 heterocycles. The number of hydrogen-bond acceptors (Lipinski definition) is 5. The summed E-state index contributed by atoms with van der Waals surface area (Å²) in [6, 6.07) is 11.2. The predicted molar refractivity (Wildman–Crippen MR) is 129 cm³/mol. The largest absolute Gasteiger partial charge is 0.433 e. The number of aromatic nitrogens is 4. The first-order chi connectivity index (χ1) is 17.0. The minimum Gasteiger partial charge on any atom is -0.433 e. The molecule has 0 bridgehead atoms. The average Bonchev–Trinajstić information content (AvgIpc) is 3.29. The molecule has 0 spiro atoms. The van der Waals surface area contributed by atoms with Gasteiger partial charge in [0.1, 0.15) is 11.6 Å². The Bertz CT molecular complexity index is 1290. The summed E-state index contributed by atoms with van der Waals surface area (Å²) in [4.78, 5) is 8.92. The fraction of sp³-hybridized carbons (Fsp3) is 0.346. The first kappa shape index (κ1) is 23.6. The molecule has 35 heavy (non-hydrogen) atoms. The third-order valence-electron chi connectivity index (χ3n) is 6.12. The van der Waals surface area contributed by atoms with Gasteiger partial charge in [0.25, 0.3) is 0 Å². The topological polar surface area (TPSA) is 62.1 Å². The van der Waals surface area contributed by atoms with Gasteiger partial charge >= 0.3 is 6.61 Å². The Morgan fingerprint density at radius 3 is 2.54 bits per heavy atom. The molecule has 6 nitrogen and oxygen atoms in total. The third kappa shape index (κ3) is 5.77. The average molecular weight is 499 g/mol. The van der Waals surface area contributed by atoms with Crippen LogP contribution in [0.3, 0.4) is 0 Å². The number of ether oxygens (including phenoxy) is 2. The first-order valence-corrected chi connectivity index (χ1v) is 12.0. The zero-order chi connectivity index (χ0) is 24.2. The van der Waals surface area contributed by atoms with Crippen molar-refractivity contribution in [2.45, 2.75) is 51.4 Å². The molecular formula is C26H25ClF2N4O2. The van der Waals surface area contributed by atoms with Gasteiger partial charge in [0.2, 0.25) is 0 Å². The summed E-state index contributed by atoms with van der Waals surface area (Å²) >= 11 is 6.03. The molecule has 1 aliphatic rings. The van der Waals surface area contributed by atoms with E-state index in [9.17, 15) is 8.78 Å². The fourth-order valence-corrected chi connectivity index (χ4v) is 4.57. The highest BCUT2D eigenvalue weighted by Gasteiger charge is 2.18. The van der Waals surface area contributed by atoms with Crippen molar-refractivity contribution in [3.63, 3.8) is 0 Å². The van der Waals surface area contributed by atoms with E-state index >= 15 is 0 Å². The minimum atomic E-state index is -2.91. The molecule has 2 aromatic heterocycles. The zero-order valence-corrected chi connectivity index (χ0v) is 19.8. The number of alkyl halides is 2. The maximum Gasteiger partial charge on any atom is 0.387 e. The number of nitrogens with zero attached hydrogens (tertiary/aromatic N) is 4. The molecule has 0 amide bonds. The smallest absolute Gasteiger partial charge is 0.387 e. The molecule has 1 atom stereocenters. The second-order valence-electron chi connectivity index (χ2n) is 8.63. The summed E-state index contributed by atoms with van der Waals surface area (Å²) in [6.07, 6.45) is 11.0. The minimum absolute atomic E-state index is 0.0303. The van der Waals surface area contributed by atoms with Gasteiger partial charge in [0.05, 0.1) is 16.7 Å². The Morgan fingerprint density at radius 2 is 1.80 bits per heavy atom. The Morgan fingerprint density at radius 1 is 1.00 bits per heavy atom. The van der Waals surface area contributed by atoms with Gasteiger partial charge in [-0.2, -0.15) is 13.9 Å². The number of fused-ring (bicyclic) bond motifs is 1. The highest BCUT2D eigenvalue weighted by atomic mass is 35.5. The zero-order valence-electron chi connectivity index (χ0n) is 19.0. The van der Waals surface area contributed by atoms with E-state index in [0.717, 1.165) is 54.3 Å². The lowest BCUT2D eigenvalue weighted by atomic mass is 10.0. The predicted octanol–water partition coefficient (Wildman–Crippen LogP) is 6.16. The van der Waals surface area contributed by atoms with E-state index in [4.69, 9.17) is 16.3 Å². The summed E-state index contributed by atoms with van der Waals surface area (Å²) in [5, 5.41) is 5.82. The number of halogens is 3. The van der Waals surface area contributed by atoms with E-state index in [2.05, 4.69) is 38.0 Å². The van der Waals surface area contributed by atoms with Crippen molar-refractivity contribution in [2.24, 2.45) is 0 Å². The Balaban J connectivity index is 1.19. The molecule has 5 rings (SSSR count). The summed E-state index contributed by atoms with van der Waals surface area (Å²) in [5.41, 5.74) is 4.18. The lowest BCUT2D eigenvalue weighted by Gasteiger charge is -2.23. The molecule has 9 heteroatoms. The molecule has 0 N–H and O–H groups in total. The monoisotopic (exact) mass is 498 g/mol. The van der Waals surface area contributed by atoms with Gasteiger partial charge in [-0.25, -0.2) is 14.6 Å². The molecule has 1 unspecified atom stereocenters. The van der Waals surface area contributed by atoms with Crippen LogP contribution in [-0.4, -0.2) is 33.0 Å². The van der Waals surface area contributed by atoms with Crippen molar-refractivity contribution in [1.29, 1.82) is 0 Å². The SMILES string of the molecule is FC(F)Oc1ccc(Cc2ncc(CCc3ccc4c(cnn4C4CCCCO4)c3)cn2)cc1Cl. The van der Waals surface area contributed by atoms with Gasteiger partial charge in [0.15, 0.2) is 6.23 Å². The summed E-state index contributed by atoms with van der Waals surface area (Å²) in [7, 11) is 0. The van der Waals surface area contributed by atoms with Gasteiger partial charge in [-0.1, -0.05) is 23.7 Å². The van der Waals surface area contributed by atoms with E-state index < -0.39 is 6.61 Å². The van der Waals surface area contributed by atoms with E-state index in [-0.39, 0.29) is 17.0 Å². The molecule has 182 valence electrons. The van der Waals surface area contributed by atoms with Crippen LogP contribution in [0.2, 0.25) is 5.02 Å². The van der Waals surface area contributed by atoms with Crippen molar-refractivity contribution in [3.8, 4) is 5.75 Å². The molecular weight excluding hydrogens is 474 g/mol. The normalized spacial score (nSPS) is 16.2. The standard InChI is InChI=1S/C26H25ClF2N4O2/c27-21-12-18(7-9-23(21)35-26(28)29)13-24-30-14-19(15-31-24)5-4-17-6-8-22-20(11-17)16-32-33(22)25-3-1-2-10-34-25/h6-9,11-12,14-16,25-26H,1-5,10,13H2. The first-order valence-electron chi connectivity index (χ1n) is 11.7. The Labute approximate surface area is 206 Å². The molecule has 0 radical (unpaired) electrons. The fourth-order valence-electron chi connectivity index (χ4n) is 4.32. The lowest BCUT2D eigenvalue weighted by Crippen LogP contribution is -2.18. The lowest BCUT2D eigenvalue weighted by molar-refractivity contribution is -0.0498. The highest BCUT2D eigenvalue weighted by molar-refractivity contribution is 6.32. The molecule has 1 saturated heterocycles. The Kier molecular flexibility index (Phi) is 7.20. The molecule has 1 aliphatic heterocycles. The van der Waals surface area contributed by atoms with E-state index in [1.165, 1.54) is 18.1 Å². The molecule has 4 aromatic rings. The number of benzene rings is 2. The highest BCUT2D eigenvalue weighted by Crippen LogP contribution is 2.28. The maximum absolute atomic E-state index is 12.4. The van der Waals surface area contributed by atoms with Gasteiger partial charge in [-0.3, -0.25) is 0 Å². The van der Waals surface area contributed by atoms with Crippen LogP contribution in [0.4, 0.5) is 8.78 Å². The van der Waals surface area contributed by atoms with Gasteiger partial charge in [-0.05, 0) is 73.1 Å². The summed E-state index contributed by atoms with van der Waals surface area (Å²) in [5.74, 6) is 0.584. The van der Waals surface area contributed by atoms with Crippen LogP contribution in [0.1, 0.15) is 48.0 Å². The van der Waals surface area contributed by atoms with Crippen LogP contribution in [0.15, 0.2) is 55.0 Å². The molecule has 0 saturated carbocycles. The summed E-state index contributed by atoms with van der Waals surface area (Å²) < 4.78 is 37.0. The molecule has 2 aromatic carbocycles. The molecule has 0 aliphatic carbocycles.